The van der Waals surface area contributed by atoms with Crippen LogP contribution in [-0.2, 0) is 0 Å². The minimum atomic E-state index is 0.267. The minimum Gasteiger partial charge on any atom is -0.303 e. The molecule has 0 unspecified atom stereocenters. The Kier molecular flexibility index (Phi) is 6.17. The van der Waals surface area contributed by atoms with Crippen molar-refractivity contribution in [1.29, 1.82) is 0 Å². The van der Waals surface area contributed by atoms with Crippen LogP contribution in [0.5, 0.6) is 0 Å². The Labute approximate surface area is 150 Å². The summed E-state index contributed by atoms with van der Waals surface area (Å²) in [5.41, 5.74) is 0. The van der Waals surface area contributed by atoms with E-state index in [4.69, 9.17) is 11.6 Å². The number of carbonyl (C=O) groups is 1. The maximum absolute atomic E-state index is 12.4. The molecular formula is C18H20ClNOS2. The number of carbonyl (C=O) groups excluding carboxylic acids is 1. The highest BCUT2D eigenvalue weighted by Gasteiger charge is 2.14. The predicted molar refractivity (Wildman–Crippen MR) is 99.1 cm³/mol. The van der Waals surface area contributed by atoms with Crippen LogP contribution in [0.15, 0.2) is 45.5 Å². The first kappa shape index (κ1) is 17.0. The zero-order valence-electron chi connectivity index (χ0n) is 13.0. The fraction of sp³-hybridized carbons (Fsp3) is 0.389. The second-order valence-corrected chi connectivity index (χ2v) is 8.64. The summed E-state index contributed by atoms with van der Waals surface area (Å²) >= 11 is 9.17. The summed E-state index contributed by atoms with van der Waals surface area (Å²) in [6.07, 6.45) is 4.51. The first-order valence-electron chi connectivity index (χ1n) is 7.99. The topological polar surface area (TPSA) is 20.3 Å². The number of rotatable bonds is 6. The number of ketones is 1. The molecule has 23 heavy (non-hydrogen) atoms. The van der Waals surface area contributed by atoms with E-state index in [-0.39, 0.29) is 5.78 Å². The van der Waals surface area contributed by atoms with Gasteiger partial charge in [-0.1, -0.05) is 29.8 Å². The number of Topliss-reactive ketones (excluding diaryl/α,β-unsaturated/α-hetero) is 1. The molecule has 1 aliphatic heterocycles. The molecule has 0 bridgehead atoms. The van der Waals surface area contributed by atoms with Crippen molar-refractivity contribution in [3.63, 3.8) is 0 Å². The SMILES string of the molecule is O=C(CCN1CCCCC1)c1ccc(Sc2ccc(Cl)cc2)s1. The molecule has 1 fully saturated rings. The molecule has 1 aliphatic rings. The summed E-state index contributed by atoms with van der Waals surface area (Å²) in [7, 11) is 0. The van der Waals surface area contributed by atoms with Gasteiger partial charge in [0.2, 0.25) is 0 Å². The Morgan fingerprint density at radius 3 is 2.57 bits per heavy atom. The molecule has 0 atom stereocenters. The molecule has 2 nitrogen and oxygen atoms in total. The lowest BCUT2D eigenvalue weighted by molar-refractivity contribution is 0.0962. The summed E-state index contributed by atoms with van der Waals surface area (Å²) in [6.45, 7) is 3.20. The van der Waals surface area contributed by atoms with Crippen LogP contribution in [0.4, 0.5) is 0 Å². The minimum absolute atomic E-state index is 0.267. The number of piperidine rings is 1. The monoisotopic (exact) mass is 365 g/mol. The van der Waals surface area contributed by atoms with Crippen LogP contribution in [0, 0.1) is 0 Å². The first-order chi connectivity index (χ1) is 11.2. The zero-order valence-corrected chi connectivity index (χ0v) is 15.4. The number of nitrogens with zero attached hydrogens (tertiary/aromatic N) is 1. The number of thiophene rings is 1. The molecule has 0 N–H and O–H groups in total. The Morgan fingerprint density at radius 2 is 1.83 bits per heavy atom. The molecule has 0 aliphatic carbocycles. The third-order valence-corrected chi connectivity index (χ3v) is 6.51. The van der Waals surface area contributed by atoms with Gasteiger partial charge in [-0.3, -0.25) is 4.79 Å². The van der Waals surface area contributed by atoms with Crippen LogP contribution in [0.1, 0.15) is 35.4 Å². The van der Waals surface area contributed by atoms with Crippen LogP contribution in [-0.4, -0.2) is 30.3 Å². The van der Waals surface area contributed by atoms with Gasteiger partial charge in [0.1, 0.15) is 0 Å². The molecular weight excluding hydrogens is 346 g/mol. The van der Waals surface area contributed by atoms with Crippen LogP contribution in [0.3, 0.4) is 0 Å². The normalized spacial score (nSPS) is 15.7. The van der Waals surface area contributed by atoms with E-state index in [0.717, 1.165) is 38.6 Å². The Balaban J connectivity index is 1.53. The number of hydrogen-bond donors (Lipinski definition) is 0. The van der Waals surface area contributed by atoms with Crippen molar-refractivity contribution in [2.75, 3.05) is 19.6 Å². The largest absolute Gasteiger partial charge is 0.303 e. The van der Waals surface area contributed by atoms with Gasteiger partial charge in [-0.25, -0.2) is 0 Å². The van der Waals surface area contributed by atoms with Gasteiger partial charge >= 0.3 is 0 Å². The van der Waals surface area contributed by atoms with E-state index in [9.17, 15) is 4.79 Å². The molecule has 1 saturated heterocycles. The van der Waals surface area contributed by atoms with Gasteiger partial charge in [0.15, 0.2) is 5.78 Å². The van der Waals surface area contributed by atoms with E-state index in [0.29, 0.717) is 6.42 Å². The van der Waals surface area contributed by atoms with Gasteiger partial charge in [0.25, 0.3) is 0 Å². The average Bonchev–Trinajstić information content (AvgIpc) is 3.04. The number of halogens is 1. The second kappa shape index (κ2) is 8.34. The highest BCUT2D eigenvalue weighted by Crippen LogP contribution is 2.34. The molecule has 122 valence electrons. The highest BCUT2D eigenvalue weighted by molar-refractivity contribution is 8.01. The van der Waals surface area contributed by atoms with Gasteiger partial charge in [0.05, 0.1) is 9.09 Å². The lowest BCUT2D eigenvalue weighted by atomic mass is 10.1. The Bertz CT molecular complexity index is 647. The third kappa shape index (κ3) is 5.08. The number of hydrogen-bond acceptors (Lipinski definition) is 4. The van der Waals surface area contributed by atoms with Crippen molar-refractivity contribution in [1.82, 2.24) is 4.90 Å². The maximum Gasteiger partial charge on any atom is 0.174 e. The zero-order chi connectivity index (χ0) is 16.1. The highest BCUT2D eigenvalue weighted by atomic mass is 35.5. The van der Waals surface area contributed by atoms with Gasteiger partial charge in [-0.05, 0) is 62.3 Å². The molecule has 2 heterocycles. The first-order valence-corrected chi connectivity index (χ1v) is 10.0. The lowest BCUT2D eigenvalue weighted by Crippen LogP contribution is -2.31. The molecule has 3 rings (SSSR count). The van der Waals surface area contributed by atoms with Crippen molar-refractivity contribution in [2.45, 2.75) is 34.8 Å². The molecule has 0 radical (unpaired) electrons. The Hall–Kier alpha value is -0.810. The molecule has 0 amide bonds. The van der Waals surface area contributed by atoms with Crippen molar-refractivity contribution in [3.05, 3.63) is 46.3 Å². The maximum atomic E-state index is 12.4. The smallest absolute Gasteiger partial charge is 0.174 e. The molecule has 1 aromatic carbocycles. The van der Waals surface area contributed by atoms with Crippen molar-refractivity contribution in [2.24, 2.45) is 0 Å². The standard InChI is InChI=1S/C18H20ClNOS2/c19-14-4-6-15(7-5-14)22-18-9-8-17(23-18)16(21)10-13-20-11-2-1-3-12-20/h4-9H,1-3,10-13H2. The molecule has 0 saturated carbocycles. The summed E-state index contributed by atoms with van der Waals surface area (Å²) in [6, 6.07) is 11.8. The van der Waals surface area contributed by atoms with E-state index >= 15 is 0 Å². The van der Waals surface area contributed by atoms with Crippen LogP contribution in [0.25, 0.3) is 0 Å². The van der Waals surface area contributed by atoms with Gasteiger partial charge in [-0.15, -0.1) is 11.3 Å². The molecule has 0 spiro atoms. The van der Waals surface area contributed by atoms with Crippen molar-refractivity contribution >= 4 is 40.5 Å². The van der Waals surface area contributed by atoms with Crippen LogP contribution >= 0.6 is 34.7 Å². The number of benzene rings is 1. The average molecular weight is 366 g/mol. The van der Waals surface area contributed by atoms with E-state index in [1.807, 2.05) is 36.4 Å². The van der Waals surface area contributed by atoms with E-state index in [1.165, 1.54) is 19.3 Å². The van der Waals surface area contributed by atoms with Crippen LogP contribution < -0.4 is 0 Å². The van der Waals surface area contributed by atoms with Gasteiger partial charge in [0, 0.05) is 22.9 Å². The second-order valence-electron chi connectivity index (χ2n) is 5.75. The predicted octanol–water partition coefficient (Wildman–Crippen LogP) is 5.61. The molecule has 1 aromatic heterocycles. The van der Waals surface area contributed by atoms with E-state index in [1.54, 1.807) is 23.1 Å². The van der Waals surface area contributed by atoms with Gasteiger partial charge < -0.3 is 4.90 Å². The number of likely N-dealkylation sites (tertiary alicyclic amines) is 1. The fourth-order valence-corrected chi connectivity index (χ4v) is 4.91. The third-order valence-electron chi connectivity index (χ3n) is 3.99. The summed E-state index contributed by atoms with van der Waals surface area (Å²) in [4.78, 5) is 16.8. The summed E-state index contributed by atoms with van der Waals surface area (Å²) < 4.78 is 1.15. The fourth-order valence-electron chi connectivity index (χ4n) is 2.71. The van der Waals surface area contributed by atoms with Crippen molar-refractivity contribution < 1.29 is 4.79 Å². The lowest BCUT2D eigenvalue weighted by Gasteiger charge is -2.25. The van der Waals surface area contributed by atoms with Crippen molar-refractivity contribution in [3.8, 4) is 0 Å². The van der Waals surface area contributed by atoms with E-state index in [2.05, 4.69) is 4.90 Å². The van der Waals surface area contributed by atoms with Gasteiger partial charge in [-0.2, -0.15) is 0 Å². The molecule has 5 heteroatoms. The van der Waals surface area contributed by atoms with E-state index < -0.39 is 0 Å². The Morgan fingerprint density at radius 1 is 1.09 bits per heavy atom. The summed E-state index contributed by atoms with van der Waals surface area (Å²) in [5.74, 6) is 0.267. The molecule has 2 aromatic rings. The summed E-state index contributed by atoms with van der Waals surface area (Å²) in [5, 5.41) is 0.745. The van der Waals surface area contributed by atoms with Crippen LogP contribution in [0.2, 0.25) is 5.02 Å². The quantitative estimate of drug-likeness (QED) is 0.620.